The molecule has 0 unspecified atom stereocenters. The Kier molecular flexibility index (Phi) is 8.46. The van der Waals surface area contributed by atoms with Gasteiger partial charge in [0, 0.05) is 20.0 Å². The van der Waals surface area contributed by atoms with Crippen LogP contribution in [0.25, 0.3) is 0 Å². The number of aliphatic hydroxyl groups is 2. The molecule has 1 rings (SSSR count). The standard InChI is InChI=1S/C15H26O8/c1-4-6-10(16)21-8-9-14(23-11(17)7-5-2)12(18)13(19)15(20-3)22-9/h9,12-15,18-19H,4-8H2,1-3H3/t9-,12-,13-,14+,15+/m1/s1. The van der Waals surface area contributed by atoms with Gasteiger partial charge in [0.05, 0.1) is 0 Å². The van der Waals surface area contributed by atoms with E-state index in [1.54, 1.807) is 0 Å². The molecule has 23 heavy (non-hydrogen) atoms. The summed E-state index contributed by atoms with van der Waals surface area (Å²) in [6, 6.07) is 0. The predicted molar refractivity (Wildman–Crippen MR) is 78.3 cm³/mol. The van der Waals surface area contributed by atoms with Crippen molar-refractivity contribution in [2.45, 2.75) is 70.2 Å². The van der Waals surface area contributed by atoms with Gasteiger partial charge in [-0.15, -0.1) is 0 Å². The van der Waals surface area contributed by atoms with Crippen molar-refractivity contribution in [3.63, 3.8) is 0 Å². The van der Waals surface area contributed by atoms with Gasteiger partial charge in [-0.05, 0) is 12.8 Å². The van der Waals surface area contributed by atoms with Crippen molar-refractivity contribution in [1.82, 2.24) is 0 Å². The number of rotatable bonds is 8. The molecule has 1 aliphatic rings. The van der Waals surface area contributed by atoms with E-state index in [4.69, 9.17) is 18.9 Å². The number of hydrogen-bond donors (Lipinski definition) is 2. The van der Waals surface area contributed by atoms with Crippen LogP contribution >= 0.6 is 0 Å². The zero-order chi connectivity index (χ0) is 17.4. The minimum absolute atomic E-state index is 0.176. The lowest BCUT2D eigenvalue weighted by Gasteiger charge is -2.41. The average Bonchev–Trinajstić information content (AvgIpc) is 2.51. The summed E-state index contributed by atoms with van der Waals surface area (Å²) in [5.41, 5.74) is 0. The molecular formula is C15H26O8. The summed E-state index contributed by atoms with van der Waals surface area (Å²) in [6.45, 7) is 3.45. The Morgan fingerprint density at radius 1 is 1.04 bits per heavy atom. The number of carbonyl (C=O) groups is 2. The van der Waals surface area contributed by atoms with Gasteiger partial charge in [0.1, 0.15) is 24.9 Å². The second kappa shape index (κ2) is 9.82. The number of aliphatic hydroxyl groups excluding tert-OH is 2. The molecule has 1 saturated heterocycles. The van der Waals surface area contributed by atoms with Crippen molar-refractivity contribution < 1.29 is 38.7 Å². The van der Waals surface area contributed by atoms with E-state index in [0.717, 1.165) is 0 Å². The van der Waals surface area contributed by atoms with Crippen LogP contribution in [0.3, 0.4) is 0 Å². The molecule has 5 atom stereocenters. The molecule has 8 nitrogen and oxygen atoms in total. The Morgan fingerprint density at radius 3 is 2.22 bits per heavy atom. The lowest BCUT2D eigenvalue weighted by molar-refractivity contribution is -0.297. The smallest absolute Gasteiger partial charge is 0.306 e. The number of carbonyl (C=O) groups excluding carboxylic acids is 2. The van der Waals surface area contributed by atoms with Crippen molar-refractivity contribution in [1.29, 1.82) is 0 Å². The van der Waals surface area contributed by atoms with E-state index in [1.165, 1.54) is 7.11 Å². The molecule has 0 amide bonds. The molecule has 8 heteroatoms. The van der Waals surface area contributed by atoms with E-state index < -0.39 is 42.6 Å². The quantitative estimate of drug-likeness (QED) is 0.603. The van der Waals surface area contributed by atoms with Crippen molar-refractivity contribution >= 4 is 11.9 Å². The van der Waals surface area contributed by atoms with Gasteiger partial charge in [-0.1, -0.05) is 13.8 Å². The molecule has 0 radical (unpaired) electrons. The van der Waals surface area contributed by atoms with Crippen molar-refractivity contribution in [3.8, 4) is 0 Å². The van der Waals surface area contributed by atoms with Crippen LogP contribution < -0.4 is 0 Å². The summed E-state index contributed by atoms with van der Waals surface area (Å²) >= 11 is 0. The fraction of sp³-hybridized carbons (Fsp3) is 0.867. The van der Waals surface area contributed by atoms with E-state index in [-0.39, 0.29) is 19.4 Å². The maximum atomic E-state index is 11.7. The molecule has 0 spiro atoms. The highest BCUT2D eigenvalue weighted by Crippen LogP contribution is 2.25. The Bertz CT molecular complexity index is 386. The fourth-order valence-corrected chi connectivity index (χ4v) is 2.25. The second-order valence-electron chi connectivity index (χ2n) is 5.40. The first-order chi connectivity index (χ1) is 10.9. The summed E-state index contributed by atoms with van der Waals surface area (Å²) in [7, 11) is 1.31. The lowest BCUT2D eigenvalue weighted by atomic mass is 9.99. The third-order valence-corrected chi connectivity index (χ3v) is 3.46. The third-order valence-electron chi connectivity index (χ3n) is 3.46. The van der Waals surface area contributed by atoms with Crippen LogP contribution in [0.2, 0.25) is 0 Å². The summed E-state index contributed by atoms with van der Waals surface area (Å²) in [4.78, 5) is 23.2. The number of hydrogen-bond acceptors (Lipinski definition) is 8. The maximum absolute atomic E-state index is 11.7. The van der Waals surface area contributed by atoms with E-state index >= 15 is 0 Å². The summed E-state index contributed by atoms with van der Waals surface area (Å²) in [5.74, 6) is -0.933. The van der Waals surface area contributed by atoms with Gasteiger partial charge in [0.2, 0.25) is 0 Å². The first-order valence-electron chi connectivity index (χ1n) is 7.84. The molecule has 0 aliphatic carbocycles. The predicted octanol–water partition coefficient (Wildman–Crippen LogP) is 0.135. The highest BCUT2D eigenvalue weighted by molar-refractivity contribution is 5.70. The van der Waals surface area contributed by atoms with Gasteiger partial charge in [-0.3, -0.25) is 9.59 Å². The molecule has 0 aromatic rings. The molecule has 1 heterocycles. The molecular weight excluding hydrogens is 308 g/mol. The number of esters is 2. The molecule has 1 aliphatic heterocycles. The van der Waals surface area contributed by atoms with Crippen molar-refractivity contribution in [2.75, 3.05) is 13.7 Å². The third kappa shape index (κ3) is 5.72. The highest BCUT2D eigenvalue weighted by Gasteiger charge is 2.47. The molecule has 0 saturated carbocycles. The van der Waals surface area contributed by atoms with Gasteiger partial charge < -0.3 is 29.2 Å². The maximum Gasteiger partial charge on any atom is 0.306 e. The molecule has 0 aromatic heterocycles. The first-order valence-corrected chi connectivity index (χ1v) is 7.84. The van der Waals surface area contributed by atoms with E-state index in [1.807, 2.05) is 13.8 Å². The van der Waals surface area contributed by atoms with Crippen LogP contribution in [0.1, 0.15) is 39.5 Å². The molecule has 0 aromatic carbocycles. The first kappa shape index (κ1) is 19.8. The second-order valence-corrected chi connectivity index (χ2v) is 5.40. The molecule has 1 fully saturated rings. The highest BCUT2D eigenvalue weighted by atomic mass is 16.7. The fourth-order valence-electron chi connectivity index (χ4n) is 2.25. The SMILES string of the molecule is CCCC(=O)OC[C@H]1O[C@H](OC)[C@H](O)[C@@H](O)[C@H]1OC(=O)CCC. The Morgan fingerprint density at radius 2 is 1.65 bits per heavy atom. The van der Waals surface area contributed by atoms with Crippen molar-refractivity contribution in [3.05, 3.63) is 0 Å². The summed E-state index contributed by atoms with van der Waals surface area (Å²) in [5, 5.41) is 20.1. The van der Waals surface area contributed by atoms with Gasteiger partial charge in [0.25, 0.3) is 0 Å². The average molecular weight is 334 g/mol. The van der Waals surface area contributed by atoms with Gasteiger partial charge in [-0.25, -0.2) is 0 Å². The monoisotopic (exact) mass is 334 g/mol. The Hall–Kier alpha value is -1.22. The van der Waals surface area contributed by atoms with Crippen LogP contribution in [0.15, 0.2) is 0 Å². The van der Waals surface area contributed by atoms with Gasteiger partial charge >= 0.3 is 11.9 Å². The van der Waals surface area contributed by atoms with Crippen LogP contribution in [0, 0.1) is 0 Å². The Labute approximate surface area is 135 Å². The topological polar surface area (TPSA) is 112 Å². The molecule has 0 bridgehead atoms. The van der Waals surface area contributed by atoms with Crippen LogP contribution in [-0.2, 0) is 28.5 Å². The lowest BCUT2D eigenvalue weighted by Crippen LogP contribution is -2.60. The number of ether oxygens (including phenoxy) is 4. The van der Waals surface area contributed by atoms with E-state index in [0.29, 0.717) is 12.8 Å². The zero-order valence-electron chi connectivity index (χ0n) is 13.8. The number of methoxy groups -OCH3 is 1. The normalized spacial score (nSPS) is 30.7. The van der Waals surface area contributed by atoms with Crippen LogP contribution in [0.5, 0.6) is 0 Å². The minimum atomic E-state index is -1.40. The molecule has 134 valence electrons. The minimum Gasteiger partial charge on any atom is -0.463 e. The van der Waals surface area contributed by atoms with E-state index in [2.05, 4.69) is 0 Å². The van der Waals surface area contributed by atoms with Gasteiger partial charge in [0.15, 0.2) is 12.4 Å². The van der Waals surface area contributed by atoms with E-state index in [9.17, 15) is 19.8 Å². The zero-order valence-corrected chi connectivity index (χ0v) is 13.8. The Balaban J connectivity index is 2.76. The largest absolute Gasteiger partial charge is 0.463 e. The summed E-state index contributed by atoms with van der Waals surface area (Å²) < 4.78 is 20.7. The van der Waals surface area contributed by atoms with Crippen molar-refractivity contribution in [2.24, 2.45) is 0 Å². The molecule has 2 N–H and O–H groups in total. The van der Waals surface area contributed by atoms with Crippen LogP contribution in [0.4, 0.5) is 0 Å². The van der Waals surface area contributed by atoms with Gasteiger partial charge in [-0.2, -0.15) is 0 Å². The van der Waals surface area contributed by atoms with Crippen LogP contribution in [-0.4, -0.2) is 66.6 Å². The summed E-state index contributed by atoms with van der Waals surface area (Å²) in [6.07, 6.45) is -4.26.